The van der Waals surface area contributed by atoms with Crippen LogP contribution in [0.3, 0.4) is 0 Å². The number of hydrogen-bond donors (Lipinski definition) is 1. The van der Waals surface area contributed by atoms with Crippen molar-refractivity contribution in [1.29, 1.82) is 0 Å². The predicted octanol–water partition coefficient (Wildman–Crippen LogP) is 6.05. The third-order valence-corrected chi connectivity index (χ3v) is 6.39. The van der Waals surface area contributed by atoms with Gasteiger partial charge in [-0.1, -0.05) is 36.4 Å². The van der Waals surface area contributed by atoms with Crippen molar-refractivity contribution in [2.24, 2.45) is 0 Å². The average Bonchev–Trinajstić information content (AvgIpc) is 3.40. The molecule has 1 aromatic heterocycles. The van der Waals surface area contributed by atoms with Crippen LogP contribution in [0.15, 0.2) is 90.3 Å². The molecule has 2 amide bonds. The molecule has 0 aliphatic heterocycles. The Morgan fingerprint density at radius 1 is 0.886 bits per heavy atom. The van der Waals surface area contributed by atoms with Gasteiger partial charge in [-0.2, -0.15) is 0 Å². The zero-order chi connectivity index (χ0) is 24.8. The molecule has 0 unspecified atom stereocenters. The Kier molecular flexibility index (Phi) is 7.57. The summed E-state index contributed by atoms with van der Waals surface area (Å²) >= 11 is 1.38. The zero-order valence-corrected chi connectivity index (χ0v) is 20.4. The van der Waals surface area contributed by atoms with Crippen molar-refractivity contribution in [3.8, 4) is 0 Å². The van der Waals surface area contributed by atoms with E-state index in [2.05, 4.69) is 5.32 Å². The molecule has 7 heteroatoms. The number of carbonyl (C=O) groups is 2. The second kappa shape index (κ2) is 11.0. The van der Waals surface area contributed by atoms with Crippen molar-refractivity contribution >= 4 is 34.5 Å². The number of hydrogen-bond acceptors (Lipinski definition) is 4. The summed E-state index contributed by atoms with van der Waals surface area (Å²) in [6, 6.07) is 24.6. The van der Waals surface area contributed by atoms with Gasteiger partial charge in [0.2, 0.25) is 0 Å². The highest BCUT2D eigenvalue weighted by molar-refractivity contribution is 7.12. The van der Waals surface area contributed by atoms with Gasteiger partial charge >= 0.3 is 0 Å². The fourth-order valence-electron chi connectivity index (χ4n) is 3.81. The molecule has 3 aromatic carbocycles. The molecule has 0 atom stereocenters. The van der Waals surface area contributed by atoms with Gasteiger partial charge < -0.3 is 15.1 Å². The number of rotatable bonds is 8. The highest BCUT2D eigenvalue weighted by Crippen LogP contribution is 2.27. The molecule has 35 heavy (non-hydrogen) atoms. The molecule has 4 rings (SSSR count). The lowest BCUT2D eigenvalue weighted by atomic mass is 10.1. The van der Waals surface area contributed by atoms with E-state index < -0.39 is 0 Å². The number of nitrogens with zero attached hydrogens (tertiary/aromatic N) is 2. The SMILES string of the molecule is CN(C)c1ccc(NC(=O)c2cccs2)cc1CN(Cc1ccccc1)C(=O)c1ccc(F)cc1. The zero-order valence-electron chi connectivity index (χ0n) is 19.6. The van der Waals surface area contributed by atoms with Gasteiger partial charge in [0, 0.05) is 44.1 Å². The summed E-state index contributed by atoms with van der Waals surface area (Å²) in [6.45, 7) is 0.691. The van der Waals surface area contributed by atoms with Crippen molar-refractivity contribution in [1.82, 2.24) is 4.90 Å². The third-order valence-electron chi connectivity index (χ3n) is 5.52. The second-order valence-corrected chi connectivity index (χ2v) is 9.27. The van der Waals surface area contributed by atoms with Gasteiger partial charge in [-0.25, -0.2) is 4.39 Å². The molecule has 1 N–H and O–H groups in total. The van der Waals surface area contributed by atoms with Crippen LogP contribution in [-0.4, -0.2) is 30.8 Å². The van der Waals surface area contributed by atoms with Crippen molar-refractivity contribution in [2.45, 2.75) is 13.1 Å². The first-order valence-electron chi connectivity index (χ1n) is 11.1. The van der Waals surface area contributed by atoms with Gasteiger partial charge in [-0.15, -0.1) is 11.3 Å². The van der Waals surface area contributed by atoms with Gasteiger partial charge in [0.05, 0.1) is 4.88 Å². The smallest absolute Gasteiger partial charge is 0.265 e. The maximum absolute atomic E-state index is 13.5. The Hall–Kier alpha value is -3.97. The number of halogens is 1. The molecule has 0 aliphatic carbocycles. The lowest BCUT2D eigenvalue weighted by Crippen LogP contribution is -2.31. The van der Waals surface area contributed by atoms with E-state index in [0.717, 1.165) is 16.8 Å². The Balaban J connectivity index is 1.66. The molecule has 1 heterocycles. The maximum Gasteiger partial charge on any atom is 0.265 e. The van der Waals surface area contributed by atoms with E-state index in [0.29, 0.717) is 29.2 Å². The molecule has 4 aromatic rings. The maximum atomic E-state index is 13.5. The summed E-state index contributed by atoms with van der Waals surface area (Å²) in [7, 11) is 3.87. The molecule has 5 nitrogen and oxygen atoms in total. The van der Waals surface area contributed by atoms with Crippen LogP contribution in [0, 0.1) is 5.82 Å². The Bertz CT molecular complexity index is 1290. The van der Waals surface area contributed by atoms with Crippen molar-refractivity contribution in [3.05, 3.63) is 118 Å². The van der Waals surface area contributed by atoms with Crippen LogP contribution in [-0.2, 0) is 13.1 Å². The topological polar surface area (TPSA) is 52.7 Å². The average molecular weight is 488 g/mol. The number of amides is 2. The number of anilines is 2. The van der Waals surface area contributed by atoms with Gasteiger partial charge in [0.25, 0.3) is 11.8 Å². The van der Waals surface area contributed by atoms with Crippen molar-refractivity contribution in [3.63, 3.8) is 0 Å². The molecule has 0 fully saturated rings. The summed E-state index contributed by atoms with van der Waals surface area (Å²) in [5.41, 5.74) is 3.86. The van der Waals surface area contributed by atoms with Crippen LogP contribution < -0.4 is 10.2 Å². The first-order valence-corrected chi connectivity index (χ1v) is 12.0. The summed E-state index contributed by atoms with van der Waals surface area (Å²) < 4.78 is 13.5. The minimum absolute atomic E-state index is 0.174. The fourth-order valence-corrected chi connectivity index (χ4v) is 4.43. The summed E-state index contributed by atoms with van der Waals surface area (Å²) in [4.78, 5) is 30.4. The Morgan fingerprint density at radius 2 is 1.63 bits per heavy atom. The van der Waals surface area contributed by atoms with E-state index in [-0.39, 0.29) is 17.6 Å². The Morgan fingerprint density at radius 3 is 2.29 bits per heavy atom. The van der Waals surface area contributed by atoms with E-state index in [9.17, 15) is 14.0 Å². The Labute approximate surface area is 208 Å². The van der Waals surface area contributed by atoms with E-state index in [1.54, 1.807) is 11.0 Å². The van der Waals surface area contributed by atoms with Crippen LogP contribution in [0.5, 0.6) is 0 Å². The summed E-state index contributed by atoms with van der Waals surface area (Å²) in [5.74, 6) is -0.765. The minimum atomic E-state index is -0.389. The first kappa shape index (κ1) is 24.2. The molecule has 0 saturated heterocycles. The summed E-state index contributed by atoms with van der Waals surface area (Å²) in [6.07, 6.45) is 0. The largest absolute Gasteiger partial charge is 0.377 e. The standard InChI is InChI=1S/C28H26FN3O2S/c1-31(2)25-15-14-24(30-27(33)26-9-6-16-35-26)17-22(25)19-32(18-20-7-4-3-5-8-20)28(34)21-10-12-23(29)13-11-21/h3-17H,18-19H2,1-2H3,(H,30,33). The number of benzene rings is 3. The molecule has 0 saturated carbocycles. The number of carbonyl (C=O) groups excluding carboxylic acids is 2. The van der Waals surface area contributed by atoms with Crippen molar-refractivity contribution in [2.75, 3.05) is 24.3 Å². The van der Waals surface area contributed by atoms with Gasteiger partial charge in [0.1, 0.15) is 5.82 Å². The fraction of sp³-hybridized carbons (Fsp3) is 0.143. The highest BCUT2D eigenvalue weighted by atomic mass is 32.1. The predicted molar refractivity (Wildman–Crippen MR) is 139 cm³/mol. The van der Waals surface area contributed by atoms with Crippen LogP contribution in [0.1, 0.15) is 31.2 Å². The molecular formula is C28H26FN3O2S. The van der Waals surface area contributed by atoms with Crippen molar-refractivity contribution < 1.29 is 14.0 Å². The normalized spacial score (nSPS) is 10.6. The lowest BCUT2D eigenvalue weighted by Gasteiger charge is -2.26. The van der Waals surface area contributed by atoms with Crippen LogP contribution in [0.4, 0.5) is 15.8 Å². The third kappa shape index (κ3) is 6.13. The first-order chi connectivity index (χ1) is 16.9. The van der Waals surface area contributed by atoms with Crippen LogP contribution in [0.2, 0.25) is 0 Å². The van der Waals surface area contributed by atoms with Gasteiger partial charge in [0.15, 0.2) is 0 Å². The quantitative estimate of drug-likeness (QED) is 0.329. The molecule has 0 aliphatic rings. The molecule has 178 valence electrons. The number of nitrogens with one attached hydrogen (secondary N) is 1. The second-order valence-electron chi connectivity index (χ2n) is 8.32. The van der Waals surface area contributed by atoms with E-state index >= 15 is 0 Å². The minimum Gasteiger partial charge on any atom is -0.377 e. The van der Waals surface area contributed by atoms with E-state index in [1.165, 1.54) is 35.6 Å². The lowest BCUT2D eigenvalue weighted by molar-refractivity contribution is 0.0730. The molecule has 0 bridgehead atoms. The van der Waals surface area contributed by atoms with Crippen LogP contribution in [0.25, 0.3) is 0 Å². The monoisotopic (exact) mass is 487 g/mol. The van der Waals surface area contributed by atoms with Crippen LogP contribution >= 0.6 is 11.3 Å². The van der Waals surface area contributed by atoms with E-state index in [1.807, 2.05) is 79.0 Å². The molecular weight excluding hydrogens is 461 g/mol. The summed E-state index contributed by atoms with van der Waals surface area (Å²) in [5, 5.41) is 4.81. The van der Waals surface area contributed by atoms with E-state index in [4.69, 9.17) is 0 Å². The molecule has 0 spiro atoms. The van der Waals surface area contributed by atoms with Gasteiger partial charge in [-0.3, -0.25) is 9.59 Å². The number of thiophene rings is 1. The van der Waals surface area contributed by atoms with Gasteiger partial charge in [-0.05, 0) is 65.0 Å². The highest BCUT2D eigenvalue weighted by Gasteiger charge is 2.20. The molecule has 0 radical (unpaired) electrons.